The van der Waals surface area contributed by atoms with Crippen LogP contribution in [-0.2, 0) is 10.2 Å². The Morgan fingerprint density at radius 1 is 1.30 bits per heavy atom. The Balaban J connectivity index is 1.37. The van der Waals surface area contributed by atoms with Crippen LogP contribution in [-0.4, -0.2) is 37.0 Å². The molecule has 3 aromatic rings. The van der Waals surface area contributed by atoms with Gasteiger partial charge in [0.15, 0.2) is 5.13 Å². The number of hydrogen-bond donors (Lipinski definition) is 3. The molecule has 2 heterocycles. The van der Waals surface area contributed by atoms with Crippen LogP contribution in [0, 0.1) is 11.3 Å². The van der Waals surface area contributed by atoms with Crippen LogP contribution in [0.2, 0.25) is 0 Å². The number of nitrogens with zero attached hydrogens (tertiary/aromatic N) is 2. The van der Waals surface area contributed by atoms with Gasteiger partial charge in [-0.05, 0) is 49.2 Å². The van der Waals surface area contributed by atoms with Crippen molar-refractivity contribution in [1.29, 1.82) is 5.26 Å². The normalized spacial score (nSPS) is 16.6. The maximum atomic E-state index is 12.6. The highest BCUT2D eigenvalue weighted by Crippen LogP contribution is 2.37. The topological polar surface area (TPSA) is 116 Å². The molecule has 2 amide bonds. The molecule has 1 aliphatic rings. The fourth-order valence-corrected chi connectivity index (χ4v) is 4.40. The quantitative estimate of drug-likeness (QED) is 0.514. The molecule has 4 rings (SSSR count). The van der Waals surface area contributed by atoms with E-state index >= 15 is 0 Å². The number of carbonyl (C=O) groups is 2. The highest BCUT2D eigenvalue weighted by atomic mass is 32.1. The summed E-state index contributed by atoms with van der Waals surface area (Å²) in [4.78, 5) is 29.4. The van der Waals surface area contributed by atoms with Crippen molar-refractivity contribution in [1.82, 2.24) is 10.3 Å². The third-order valence-electron chi connectivity index (χ3n) is 5.59. The van der Waals surface area contributed by atoms with Crippen LogP contribution in [0.1, 0.15) is 29.3 Å². The molecule has 168 valence electrons. The van der Waals surface area contributed by atoms with E-state index in [2.05, 4.69) is 27.0 Å². The van der Waals surface area contributed by atoms with E-state index in [0.29, 0.717) is 23.7 Å². The van der Waals surface area contributed by atoms with E-state index in [1.165, 1.54) is 11.3 Å². The SMILES string of the molecule is COc1cccc(-c2csc(NC(=O)CNC(=O)c3ccc4c(c3)C(C)(C#N)CCN4)n2)c1. The zero-order chi connectivity index (χ0) is 23.4. The largest absolute Gasteiger partial charge is 0.497 e. The van der Waals surface area contributed by atoms with Crippen LogP contribution in [0.4, 0.5) is 10.8 Å². The van der Waals surface area contributed by atoms with Crippen molar-refractivity contribution < 1.29 is 14.3 Å². The van der Waals surface area contributed by atoms with Crippen LogP contribution in [0.25, 0.3) is 11.3 Å². The number of ether oxygens (including phenoxy) is 1. The molecule has 0 radical (unpaired) electrons. The number of hydrogen-bond acceptors (Lipinski definition) is 7. The number of aromatic nitrogens is 1. The van der Waals surface area contributed by atoms with E-state index in [9.17, 15) is 14.9 Å². The number of anilines is 2. The van der Waals surface area contributed by atoms with Gasteiger partial charge in [0.05, 0.1) is 30.8 Å². The van der Waals surface area contributed by atoms with Crippen molar-refractivity contribution in [3.63, 3.8) is 0 Å². The lowest BCUT2D eigenvalue weighted by atomic mass is 9.77. The Morgan fingerprint density at radius 2 is 2.15 bits per heavy atom. The molecule has 1 unspecified atom stereocenters. The smallest absolute Gasteiger partial charge is 0.251 e. The van der Waals surface area contributed by atoms with E-state index in [1.54, 1.807) is 25.3 Å². The second kappa shape index (κ2) is 9.30. The van der Waals surface area contributed by atoms with Gasteiger partial charge >= 0.3 is 0 Å². The monoisotopic (exact) mass is 461 g/mol. The number of amides is 2. The number of rotatable bonds is 6. The molecule has 0 saturated heterocycles. The third kappa shape index (κ3) is 4.81. The average molecular weight is 462 g/mol. The molecule has 0 saturated carbocycles. The molecular formula is C24H23N5O3S. The number of nitriles is 1. The standard InChI is InChI=1S/C24H23N5O3S/c1-24(14-25)8-9-26-19-7-6-16(11-18(19)24)22(31)27-12-21(30)29-23-28-20(13-33-23)15-4-3-5-17(10-15)32-2/h3-7,10-11,13,26H,8-9,12H2,1-2H3,(H,27,31)(H,28,29,30). The molecule has 33 heavy (non-hydrogen) atoms. The summed E-state index contributed by atoms with van der Waals surface area (Å²) in [5.41, 5.74) is 3.00. The fraction of sp³-hybridized carbons (Fsp3) is 0.250. The first-order chi connectivity index (χ1) is 15.9. The van der Waals surface area contributed by atoms with E-state index in [4.69, 9.17) is 4.74 Å². The molecule has 0 aliphatic carbocycles. The highest BCUT2D eigenvalue weighted by molar-refractivity contribution is 7.14. The number of benzene rings is 2. The summed E-state index contributed by atoms with van der Waals surface area (Å²) < 4.78 is 5.23. The molecule has 1 aromatic heterocycles. The molecular weight excluding hydrogens is 438 g/mol. The van der Waals surface area contributed by atoms with Crippen molar-refractivity contribution in [3.05, 3.63) is 59.0 Å². The second-order valence-electron chi connectivity index (χ2n) is 7.88. The van der Waals surface area contributed by atoms with Gasteiger partial charge in [0, 0.05) is 28.7 Å². The lowest BCUT2D eigenvalue weighted by Gasteiger charge is -2.31. The number of nitrogens with one attached hydrogen (secondary N) is 3. The Kier molecular flexibility index (Phi) is 6.29. The summed E-state index contributed by atoms with van der Waals surface area (Å²) in [6.45, 7) is 2.38. The Morgan fingerprint density at radius 3 is 2.94 bits per heavy atom. The minimum Gasteiger partial charge on any atom is -0.497 e. The van der Waals surface area contributed by atoms with Crippen molar-refractivity contribution in [2.24, 2.45) is 0 Å². The molecule has 1 aliphatic heterocycles. The first kappa shape index (κ1) is 22.3. The molecule has 3 N–H and O–H groups in total. The van der Waals surface area contributed by atoms with E-state index in [-0.39, 0.29) is 18.4 Å². The van der Waals surface area contributed by atoms with Gasteiger partial charge in [-0.1, -0.05) is 12.1 Å². The average Bonchev–Trinajstić information content (AvgIpc) is 3.31. The summed E-state index contributed by atoms with van der Waals surface area (Å²) in [5, 5.41) is 20.5. The van der Waals surface area contributed by atoms with Crippen LogP contribution < -0.4 is 20.7 Å². The molecule has 8 nitrogen and oxygen atoms in total. The lowest BCUT2D eigenvalue weighted by Crippen LogP contribution is -2.34. The first-order valence-electron chi connectivity index (χ1n) is 10.4. The van der Waals surface area contributed by atoms with Gasteiger partial charge in [0.1, 0.15) is 5.75 Å². The molecule has 9 heteroatoms. The summed E-state index contributed by atoms with van der Waals surface area (Å²) >= 11 is 1.30. The molecule has 2 aromatic carbocycles. The maximum absolute atomic E-state index is 12.6. The van der Waals surface area contributed by atoms with Gasteiger partial charge in [-0.15, -0.1) is 11.3 Å². The predicted molar refractivity (Wildman–Crippen MR) is 128 cm³/mol. The Bertz CT molecular complexity index is 1250. The second-order valence-corrected chi connectivity index (χ2v) is 8.74. The zero-order valence-corrected chi connectivity index (χ0v) is 19.1. The lowest BCUT2D eigenvalue weighted by molar-refractivity contribution is -0.115. The van der Waals surface area contributed by atoms with Crippen molar-refractivity contribution in [2.75, 3.05) is 30.8 Å². The van der Waals surface area contributed by atoms with E-state index in [0.717, 1.165) is 28.3 Å². The zero-order valence-electron chi connectivity index (χ0n) is 18.3. The van der Waals surface area contributed by atoms with Crippen molar-refractivity contribution >= 4 is 34.0 Å². The summed E-state index contributed by atoms with van der Waals surface area (Å²) in [7, 11) is 1.60. The maximum Gasteiger partial charge on any atom is 0.251 e. The number of carbonyl (C=O) groups excluding carboxylic acids is 2. The number of methoxy groups -OCH3 is 1. The van der Waals surface area contributed by atoms with Crippen LogP contribution in [0.3, 0.4) is 0 Å². The van der Waals surface area contributed by atoms with Gasteiger partial charge in [0.2, 0.25) is 5.91 Å². The molecule has 0 spiro atoms. The highest BCUT2D eigenvalue weighted by Gasteiger charge is 2.32. The fourth-order valence-electron chi connectivity index (χ4n) is 3.67. The summed E-state index contributed by atoms with van der Waals surface area (Å²) in [5.74, 6) is -0.0340. The molecule has 1 atom stereocenters. The van der Waals surface area contributed by atoms with Crippen LogP contribution in [0.5, 0.6) is 5.75 Å². The Hall–Kier alpha value is -3.90. The van der Waals surface area contributed by atoms with Gasteiger partial charge < -0.3 is 20.7 Å². The van der Waals surface area contributed by atoms with Crippen LogP contribution >= 0.6 is 11.3 Å². The number of fused-ring (bicyclic) bond motifs is 1. The van der Waals surface area contributed by atoms with Crippen LogP contribution in [0.15, 0.2) is 47.8 Å². The molecule has 0 bridgehead atoms. The minimum absolute atomic E-state index is 0.197. The first-order valence-corrected chi connectivity index (χ1v) is 11.3. The van der Waals surface area contributed by atoms with Gasteiger partial charge in [0.25, 0.3) is 5.91 Å². The predicted octanol–water partition coefficient (Wildman–Crippen LogP) is 3.78. The van der Waals surface area contributed by atoms with Gasteiger partial charge in [-0.25, -0.2) is 4.98 Å². The molecule has 0 fully saturated rings. The summed E-state index contributed by atoms with van der Waals surface area (Å²) in [6.07, 6.45) is 0.662. The van der Waals surface area contributed by atoms with Crippen molar-refractivity contribution in [3.8, 4) is 23.1 Å². The Labute approximate surface area is 195 Å². The summed E-state index contributed by atoms with van der Waals surface area (Å²) in [6, 6.07) is 15.1. The third-order valence-corrected chi connectivity index (χ3v) is 6.35. The minimum atomic E-state index is -0.653. The van der Waals surface area contributed by atoms with Gasteiger partial charge in [-0.3, -0.25) is 9.59 Å². The van der Waals surface area contributed by atoms with E-state index in [1.807, 2.05) is 36.6 Å². The van der Waals surface area contributed by atoms with Crippen molar-refractivity contribution in [2.45, 2.75) is 18.8 Å². The number of thiazole rings is 1. The van der Waals surface area contributed by atoms with Gasteiger partial charge in [-0.2, -0.15) is 5.26 Å². The van der Waals surface area contributed by atoms with E-state index < -0.39 is 5.41 Å².